The fraction of sp³-hybridized carbons (Fsp3) is 0.143. The number of aryl methyl sites for hydroxylation is 2. The summed E-state index contributed by atoms with van der Waals surface area (Å²) in [6, 6.07) is 14.8. The van der Waals surface area contributed by atoms with Gasteiger partial charge in [0, 0.05) is 21.9 Å². The third kappa shape index (κ3) is 2.91. The Morgan fingerprint density at radius 1 is 1.12 bits per heavy atom. The van der Waals surface area contributed by atoms with Gasteiger partial charge in [0.25, 0.3) is 0 Å². The van der Waals surface area contributed by atoms with Crippen LogP contribution >= 0.6 is 11.3 Å². The molecular weight excluding hydrogens is 346 g/mol. The number of hydrogen-bond donors (Lipinski definition) is 1. The van der Waals surface area contributed by atoms with E-state index in [-0.39, 0.29) is 5.75 Å². The van der Waals surface area contributed by atoms with Gasteiger partial charge in [0.15, 0.2) is 0 Å². The number of aromatic hydroxyl groups is 1. The summed E-state index contributed by atoms with van der Waals surface area (Å²) in [5.74, 6) is 0.0660. The Labute approximate surface area is 154 Å². The third-order valence-corrected chi connectivity index (χ3v) is 5.39. The van der Waals surface area contributed by atoms with Crippen molar-refractivity contribution in [3.8, 4) is 27.6 Å². The number of rotatable bonds is 3. The molecule has 0 fully saturated rings. The standard InChI is InChI=1S/C21H17NO3S/c1-3-13-4-6-14(7-5-13)19-12(2)26-20(22-19)17-10-15-8-9-16(23)11-18(15)25-21(17)24/h4-11,23H,3H2,1-2H3. The first kappa shape index (κ1) is 16.5. The molecule has 2 aromatic heterocycles. The second-order valence-corrected chi connectivity index (χ2v) is 7.35. The highest BCUT2D eigenvalue weighted by Crippen LogP contribution is 2.33. The molecule has 130 valence electrons. The Bertz CT molecular complexity index is 1160. The molecule has 2 aromatic carbocycles. The van der Waals surface area contributed by atoms with Crippen LogP contribution in [0.3, 0.4) is 0 Å². The van der Waals surface area contributed by atoms with Crippen LogP contribution in [0.1, 0.15) is 17.4 Å². The first-order chi connectivity index (χ1) is 12.5. The average molecular weight is 363 g/mol. The van der Waals surface area contributed by atoms with Crippen molar-refractivity contribution in [2.24, 2.45) is 0 Å². The average Bonchev–Trinajstić information content (AvgIpc) is 3.02. The predicted octanol–water partition coefficient (Wildman–Crippen LogP) is 5.16. The molecular formula is C21H17NO3S. The SMILES string of the molecule is CCc1ccc(-c2nc(-c3cc4ccc(O)cc4oc3=O)sc2C)cc1. The van der Waals surface area contributed by atoms with Gasteiger partial charge >= 0.3 is 5.63 Å². The van der Waals surface area contributed by atoms with Gasteiger partial charge in [-0.25, -0.2) is 9.78 Å². The summed E-state index contributed by atoms with van der Waals surface area (Å²) in [7, 11) is 0. The lowest BCUT2D eigenvalue weighted by Crippen LogP contribution is -2.02. The number of benzene rings is 2. The van der Waals surface area contributed by atoms with E-state index in [9.17, 15) is 9.90 Å². The maximum Gasteiger partial charge on any atom is 0.346 e. The molecule has 4 rings (SSSR count). The van der Waals surface area contributed by atoms with Gasteiger partial charge in [-0.15, -0.1) is 11.3 Å². The maximum absolute atomic E-state index is 12.4. The van der Waals surface area contributed by atoms with E-state index >= 15 is 0 Å². The van der Waals surface area contributed by atoms with Crippen LogP contribution in [-0.4, -0.2) is 10.1 Å². The lowest BCUT2D eigenvalue weighted by molar-refractivity contribution is 0.473. The first-order valence-electron chi connectivity index (χ1n) is 8.39. The van der Waals surface area contributed by atoms with Crippen LogP contribution in [0, 0.1) is 6.92 Å². The fourth-order valence-electron chi connectivity index (χ4n) is 2.93. The maximum atomic E-state index is 12.4. The van der Waals surface area contributed by atoms with Crippen molar-refractivity contribution in [3.05, 3.63) is 69.4 Å². The van der Waals surface area contributed by atoms with E-state index in [1.54, 1.807) is 18.2 Å². The number of phenols is 1. The molecule has 0 amide bonds. The minimum Gasteiger partial charge on any atom is -0.508 e. The van der Waals surface area contributed by atoms with Crippen molar-refractivity contribution < 1.29 is 9.52 Å². The second kappa shape index (κ2) is 6.42. The van der Waals surface area contributed by atoms with Crippen LogP contribution < -0.4 is 5.63 Å². The van der Waals surface area contributed by atoms with Crippen molar-refractivity contribution >= 4 is 22.3 Å². The Morgan fingerprint density at radius 3 is 2.62 bits per heavy atom. The van der Waals surface area contributed by atoms with E-state index in [2.05, 4.69) is 31.2 Å². The third-order valence-electron chi connectivity index (χ3n) is 4.38. The van der Waals surface area contributed by atoms with Gasteiger partial charge in [-0.2, -0.15) is 0 Å². The normalized spacial score (nSPS) is 11.2. The highest BCUT2D eigenvalue weighted by atomic mass is 32.1. The molecule has 0 aliphatic carbocycles. The molecule has 0 saturated heterocycles. The minimum atomic E-state index is -0.454. The molecule has 0 spiro atoms. The highest BCUT2D eigenvalue weighted by molar-refractivity contribution is 7.15. The molecule has 4 nitrogen and oxygen atoms in total. The molecule has 0 aliphatic heterocycles. The molecule has 0 saturated carbocycles. The van der Waals surface area contributed by atoms with Crippen molar-refractivity contribution in [1.29, 1.82) is 0 Å². The molecule has 0 radical (unpaired) electrons. The fourth-order valence-corrected chi connectivity index (χ4v) is 3.87. The molecule has 0 unspecified atom stereocenters. The van der Waals surface area contributed by atoms with E-state index < -0.39 is 5.63 Å². The van der Waals surface area contributed by atoms with Gasteiger partial charge in [0.1, 0.15) is 16.3 Å². The first-order valence-corrected chi connectivity index (χ1v) is 9.21. The predicted molar refractivity (Wildman–Crippen MR) is 105 cm³/mol. The van der Waals surface area contributed by atoms with Gasteiger partial charge in [0.05, 0.1) is 11.3 Å². The van der Waals surface area contributed by atoms with Crippen molar-refractivity contribution in [2.45, 2.75) is 20.3 Å². The summed E-state index contributed by atoms with van der Waals surface area (Å²) in [4.78, 5) is 18.2. The van der Waals surface area contributed by atoms with Crippen molar-refractivity contribution in [3.63, 3.8) is 0 Å². The monoisotopic (exact) mass is 363 g/mol. The topological polar surface area (TPSA) is 63.3 Å². The lowest BCUT2D eigenvalue weighted by atomic mass is 10.1. The van der Waals surface area contributed by atoms with Crippen LogP contribution in [0.2, 0.25) is 0 Å². The van der Waals surface area contributed by atoms with Crippen LogP contribution in [0.25, 0.3) is 32.8 Å². The van der Waals surface area contributed by atoms with Gasteiger partial charge in [0.2, 0.25) is 0 Å². The Balaban J connectivity index is 1.81. The van der Waals surface area contributed by atoms with Crippen molar-refractivity contribution in [1.82, 2.24) is 4.98 Å². The van der Waals surface area contributed by atoms with E-state index in [4.69, 9.17) is 9.40 Å². The molecule has 4 aromatic rings. The smallest absolute Gasteiger partial charge is 0.346 e. The van der Waals surface area contributed by atoms with E-state index in [1.807, 2.05) is 6.92 Å². The number of nitrogens with zero attached hydrogens (tertiary/aromatic N) is 1. The Hall–Kier alpha value is -2.92. The minimum absolute atomic E-state index is 0.0660. The summed E-state index contributed by atoms with van der Waals surface area (Å²) < 4.78 is 5.36. The number of aromatic nitrogens is 1. The van der Waals surface area contributed by atoms with E-state index in [0.29, 0.717) is 16.2 Å². The van der Waals surface area contributed by atoms with Crippen LogP contribution in [0.4, 0.5) is 0 Å². The van der Waals surface area contributed by atoms with E-state index in [0.717, 1.165) is 27.9 Å². The second-order valence-electron chi connectivity index (χ2n) is 6.14. The molecule has 5 heteroatoms. The van der Waals surface area contributed by atoms with Gasteiger partial charge in [-0.3, -0.25) is 0 Å². The number of phenolic OH excluding ortho intramolecular Hbond substituents is 1. The number of thiazole rings is 1. The zero-order chi connectivity index (χ0) is 18.3. The molecule has 1 N–H and O–H groups in total. The van der Waals surface area contributed by atoms with Gasteiger partial charge in [-0.05, 0) is 37.1 Å². The summed E-state index contributed by atoms with van der Waals surface area (Å²) in [5.41, 5.74) is 3.55. The van der Waals surface area contributed by atoms with E-state index in [1.165, 1.54) is 23.0 Å². The zero-order valence-corrected chi connectivity index (χ0v) is 15.3. The largest absolute Gasteiger partial charge is 0.508 e. The van der Waals surface area contributed by atoms with Crippen LogP contribution in [0.5, 0.6) is 5.75 Å². The molecule has 2 heterocycles. The summed E-state index contributed by atoms with van der Waals surface area (Å²) in [5, 5.41) is 10.9. The van der Waals surface area contributed by atoms with Crippen LogP contribution in [-0.2, 0) is 6.42 Å². The quantitative estimate of drug-likeness (QED) is 0.511. The zero-order valence-electron chi connectivity index (χ0n) is 14.4. The number of hydrogen-bond acceptors (Lipinski definition) is 5. The number of fused-ring (bicyclic) bond motifs is 1. The van der Waals surface area contributed by atoms with Crippen molar-refractivity contribution in [2.75, 3.05) is 0 Å². The summed E-state index contributed by atoms with van der Waals surface area (Å²) in [6.45, 7) is 4.13. The highest BCUT2D eigenvalue weighted by Gasteiger charge is 2.16. The molecule has 0 atom stereocenters. The summed E-state index contributed by atoms with van der Waals surface area (Å²) >= 11 is 1.48. The Kier molecular flexibility index (Phi) is 4.09. The van der Waals surface area contributed by atoms with Gasteiger partial charge < -0.3 is 9.52 Å². The summed E-state index contributed by atoms with van der Waals surface area (Å²) in [6.07, 6.45) is 0.995. The molecule has 0 bridgehead atoms. The van der Waals surface area contributed by atoms with Gasteiger partial charge in [-0.1, -0.05) is 31.2 Å². The Morgan fingerprint density at radius 2 is 1.88 bits per heavy atom. The molecule has 26 heavy (non-hydrogen) atoms. The lowest BCUT2D eigenvalue weighted by Gasteiger charge is -2.01. The van der Waals surface area contributed by atoms with Crippen LogP contribution in [0.15, 0.2) is 57.7 Å². The molecule has 0 aliphatic rings.